The molecule has 0 aliphatic carbocycles. The van der Waals surface area contributed by atoms with E-state index in [1.807, 2.05) is 6.92 Å². The van der Waals surface area contributed by atoms with Gasteiger partial charge in [-0.2, -0.15) is 0 Å². The van der Waals surface area contributed by atoms with Crippen LogP contribution in [0.15, 0.2) is 24.3 Å². The summed E-state index contributed by atoms with van der Waals surface area (Å²) in [5.41, 5.74) is 0.473. The van der Waals surface area contributed by atoms with Gasteiger partial charge in [0.25, 0.3) is 0 Å². The third-order valence-electron chi connectivity index (χ3n) is 3.36. The minimum absolute atomic E-state index is 0.511. The number of carboxylic acid groups (broad SMARTS) is 1. The highest BCUT2D eigenvalue weighted by molar-refractivity contribution is 6.03. The number of carboxylic acids is 1. The Kier molecular flexibility index (Phi) is 3.57. The third-order valence-corrected chi connectivity index (χ3v) is 3.36. The average Bonchev–Trinajstić information content (AvgIpc) is 2.77. The van der Waals surface area contributed by atoms with Gasteiger partial charge in [-0.25, -0.2) is 14.5 Å². The van der Waals surface area contributed by atoms with Crippen LogP contribution in [0, 0.1) is 0 Å². The molecule has 0 radical (unpaired) electrons. The van der Waals surface area contributed by atoms with Crippen LogP contribution in [-0.4, -0.2) is 28.9 Å². The number of anilines is 2. The first-order chi connectivity index (χ1) is 9.35. The maximum absolute atomic E-state index is 12.3. The first kappa shape index (κ1) is 14.2. The first-order valence-electron chi connectivity index (χ1n) is 6.46. The molecule has 20 heavy (non-hydrogen) atoms. The summed E-state index contributed by atoms with van der Waals surface area (Å²) in [5, 5.41) is 12.0. The highest BCUT2D eigenvalue weighted by Crippen LogP contribution is 2.35. The van der Waals surface area contributed by atoms with Gasteiger partial charge in [0.15, 0.2) is 0 Å². The van der Waals surface area contributed by atoms with Gasteiger partial charge in [-0.1, -0.05) is 19.1 Å². The monoisotopic (exact) mass is 278 g/mol. The minimum atomic E-state index is -1.15. The second kappa shape index (κ2) is 5.03. The van der Waals surface area contributed by atoms with E-state index < -0.39 is 23.8 Å². The van der Waals surface area contributed by atoms with Gasteiger partial charge >= 0.3 is 12.1 Å². The fraction of sp³-hybridized carbons (Fsp3) is 0.429. The Morgan fingerprint density at radius 2 is 2.05 bits per heavy atom. The Balaban J connectivity index is 2.31. The fourth-order valence-corrected chi connectivity index (χ4v) is 1.89. The summed E-state index contributed by atoms with van der Waals surface area (Å²) in [4.78, 5) is 24.7. The molecule has 108 valence electrons. The maximum atomic E-state index is 12.3. The average molecular weight is 278 g/mol. The molecule has 0 aromatic heterocycles. The van der Waals surface area contributed by atoms with Crippen molar-refractivity contribution in [3.05, 3.63) is 24.3 Å². The summed E-state index contributed by atoms with van der Waals surface area (Å²) in [5.74, 6) is -1.13. The summed E-state index contributed by atoms with van der Waals surface area (Å²) in [6, 6.07) is 6.93. The number of fused-ring (bicyclic) bond motifs is 1. The van der Waals surface area contributed by atoms with Gasteiger partial charge in [0.05, 0.1) is 11.4 Å². The predicted molar refractivity (Wildman–Crippen MR) is 74.8 cm³/mol. The second-order valence-electron chi connectivity index (χ2n) is 5.25. The number of nitrogens with zero attached hydrogens (tertiary/aromatic N) is 1. The highest BCUT2D eigenvalue weighted by Gasteiger charge is 2.40. The normalized spacial score (nSPS) is 17.4. The van der Waals surface area contributed by atoms with Gasteiger partial charge in [0, 0.05) is 0 Å². The lowest BCUT2D eigenvalue weighted by atomic mass is 10.1. The number of benzene rings is 1. The van der Waals surface area contributed by atoms with Crippen LogP contribution in [0.25, 0.3) is 0 Å². The zero-order valence-corrected chi connectivity index (χ0v) is 11.7. The smallest absolute Gasteiger partial charge is 0.417 e. The number of para-hydroxylation sites is 2. The van der Waals surface area contributed by atoms with Gasteiger partial charge < -0.3 is 15.2 Å². The molecule has 0 bridgehead atoms. The Bertz CT molecular complexity index is 542. The van der Waals surface area contributed by atoms with E-state index in [1.54, 1.807) is 38.1 Å². The molecule has 0 fully saturated rings. The number of carbonyl (C=O) groups excluding carboxylic acids is 1. The molecule has 1 aliphatic heterocycles. The molecule has 1 aliphatic rings. The Hall–Kier alpha value is -2.24. The van der Waals surface area contributed by atoms with Crippen molar-refractivity contribution in [1.82, 2.24) is 0 Å². The number of ether oxygens (including phenoxy) is 1. The molecule has 1 heterocycles. The maximum Gasteiger partial charge on any atom is 0.417 e. The number of aliphatic carboxylic acids is 1. The summed E-state index contributed by atoms with van der Waals surface area (Å²) >= 11 is 0. The van der Waals surface area contributed by atoms with E-state index in [-0.39, 0.29) is 0 Å². The van der Waals surface area contributed by atoms with Crippen LogP contribution in [0.3, 0.4) is 0 Å². The number of carbonyl (C=O) groups is 2. The lowest BCUT2D eigenvalue weighted by Gasteiger charge is -2.28. The summed E-state index contributed by atoms with van der Waals surface area (Å²) in [7, 11) is 0. The molecule has 2 N–H and O–H groups in total. The number of rotatable bonds is 3. The lowest BCUT2D eigenvalue weighted by molar-refractivity contribution is -0.137. The zero-order valence-electron chi connectivity index (χ0n) is 11.7. The quantitative estimate of drug-likeness (QED) is 0.888. The van der Waals surface area contributed by atoms with Gasteiger partial charge in [-0.3, -0.25) is 0 Å². The van der Waals surface area contributed by atoms with Crippen LogP contribution >= 0.6 is 0 Å². The zero-order chi connectivity index (χ0) is 14.9. The Labute approximate surface area is 117 Å². The molecule has 6 heteroatoms. The van der Waals surface area contributed by atoms with Crippen molar-refractivity contribution in [3.8, 4) is 0 Å². The van der Waals surface area contributed by atoms with Gasteiger partial charge in [-0.05, 0) is 32.4 Å². The number of hydrogen-bond acceptors (Lipinski definition) is 4. The van der Waals surface area contributed by atoms with Crippen LogP contribution in [0.4, 0.5) is 16.2 Å². The van der Waals surface area contributed by atoms with Crippen LogP contribution < -0.4 is 10.2 Å². The van der Waals surface area contributed by atoms with E-state index >= 15 is 0 Å². The largest absolute Gasteiger partial charge is 0.478 e. The Morgan fingerprint density at radius 3 is 2.65 bits per heavy atom. The summed E-state index contributed by atoms with van der Waals surface area (Å²) in [6.45, 7) is 5.48. The van der Waals surface area contributed by atoms with E-state index in [0.29, 0.717) is 17.8 Å². The SMILES string of the molecule is CCC(C)(C)OC(=O)N1c2ccccc2NC1C(=O)O. The van der Waals surface area contributed by atoms with Crippen molar-refractivity contribution in [2.45, 2.75) is 39.0 Å². The van der Waals surface area contributed by atoms with E-state index in [0.717, 1.165) is 4.90 Å². The standard InChI is InChI=1S/C14H18N2O4/c1-4-14(2,3)20-13(19)16-10-8-6-5-7-9(10)15-11(16)12(17)18/h5-8,11,15H,4H2,1-3H3,(H,17,18). The highest BCUT2D eigenvalue weighted by atomic mass is 16.6. The molecule has 1 atom stereocenters. The molecular weight excluding hydrogens is 260 g/mol. The van der Waals surface area contributed by atoms with Crippen molar-refractivity contribution in [2.75, 3.05) is 10.2 Å². The van der Waals surface area contributed by atoms with E-state index in [9.17, 15) is 14.7 Å². The van der Waals surface area contributed by atoms with E-state index in [2.05, 4.69) is 5.32 Å². The molecule has 0 saturated heterocycles. The summed E-state index contributed by atoms with van der Waals surface area (Å²) < 4.78 is 5.39. The van der Waals surface area contributed by atoms with E-state index in [1.165, 1.54) is 0 Å². The molecule has 1 aromatic carbocycles. The lowest BCUT2D eigenvalue weighted by Crippen LogP contribution is -2.48. The first-order valence-corrected chi connectivity index (χ1v) is 6.46. The van der Waals surface area contributed by atoms with Crippen LogP contribution in [0.2, 0.25) is 0 Å². The van der Waals surface area contributed by atoms with Crippen molar-refractivity contribution >= 4 is 23.4 Å². The van der Waals surface area contributed by atoms with Crippen molar-refractivity contribution in [2.24, 2.45) is 0 Å². The third kappa shape index (κ3) is 2.54. The van der Waals surface area contributed by atoms with Crippen molar-refractivity contribution < 1.29 is 19.4 Å². The van der Waals surface area contributed by atoms with Crippen LogP contribution in [0.5, 0.6) is 0 Å². The van der Waals surface area contributed by atoms with Crippen LogP contribution in [0.1, 0.15) is 27.2 Å². The topological polar surface area (TPSA) is 78.9 Å². The molecule has 0 spiro atoms. The predicted octanol–water partition coefficient (Wildman–Crippen LogP) is 2.65. The van der Waals surface area contributed by atoms with E-state index in [4.69, 9.17) is 4.74 Å². The number of hydrogen-bond donors (Lipinski definition) is 2. The number of amides is 1. The fourth-order valence-electron chi connectivity index (χ4n) is 1.89. The van der Waals surface area contributed by atoms with Crippen LogP contribution in [-0.2, 0) is 9.53 Å². The van der Waals surface area contributed by atoms with Gasteiger partial charge in [0.2, 0.25) is 6.17 Å². The van der Waals surface area contributed by atoms with Gasteiger partial charge in [-0.15, -0.1) is 0 Å². The molecule has 1 aromatic rings. The molecule has 0 saturated carbocycles. The summed E-state index contributed by atoms with van der Waals surface area (Å²) in [6.07, 6.45) is -1.17. The second-order valence-corrected chi connectivity index (χ2v) is 5.25. The van der Waals surface area contributed by atoms with Crippen molar-refractivity contribution in [1.29, 1.82) is 0 Å². The molecular formula is C14H18N2O4. The van der Waals surface area contributed by atoms with Crippen molar-refractivity contribution in [3.63, 3.8) is 0 Å². The molecule has 1 amide bonds. The Morgan fingerprint density at radius 1 is 1.40 bits per heavy atom. The number of nitrogens with one attached hydrogen (secondary N) is 1. The molecule has 2 rings (SSSR count). The molecule has 6 nitrogen and oxygen atoms in total. The minimum Gasteiger partial charge on any atom is -0.478 e. The molecule has 1 unspecified atom stereocenters. The van der Waals surface area contributed by atoms with Gasteiger partial charge in [0.1, 0.15) is 5.60 Å².